The molecule has 0 aliphatic heterocycles. The molecule has 1 aromatic rings. The number of amides is 2. The molecule has 1 rings (SSSR count). The highest BCUT2D eigenvalue weighted by molar-refractivity contribution is 6.31. The van der Waals surface area contributed by atoms with Gasteiger partial charge in [0, 0.05) is 18.0 Å². The van der Waals surface area contributed by atoms with Crippen molar-refractivity contribution in [3.05, 3.63) is 28.8 Å². The van der Waals surface area contributed by atoms with Gasteiger partial charge in [-0.3, -0.25) is 0 Å². The predicted molar refractivity (Wildman–Crippen MR) is 73.5 cm³/mol. The summed E-state index contributed by atoms with van der Waals surface area (Å²) in [5, 5.41) is 14.3. The van der Waals surface area contributed by atoms with Gasteiger partial charge in [-0.2, -0.15) is 0 Å². The van der Waals surface area contributed by atoms with Gasteiger partial charge >= 0.3 is 12.0 Å². The average molecular weight is 281 g/mol. The first-order valence-electron chi connectivity index (χ1n) is 5.55. The van der Waals surface area contributed by atoms with Crippen LogP contribution >= 0.6 is 11.6 Å². The Labute approximate surface area is 116 Å². The maximum absolute atomic E-state index is 11.6. The molecule has 0 aromatic heterocycles. The first-order chi connectivity index (χ1) is 9.04. The lowest BCUT2D eigenvalue weighted by Gasteiger charge is -2.09. The molecule has 0 unspecified atom stereocenters. The number of carbonyl (C=O) groups is 2. The molecule has 19 heavy (non-hydrogen) atoms. The maximum atomic E-state index is 11.6. The number of hydrogen-bond acceptors (Lipinski definition) is 2. The number of halogens is 1. The predicted octanol–water partition coefficient (Wildman–Crippen LogP) is 2.57. The Morgan fingerprint density at radius 1 is 1.42 bits per heavy atom. The van der Waals surface area contributed by atoms with Gasteiger partial charge in [0.25, 0.3) is 0 Å². The fourth-order valence-electron chi connectivity index (χ4n) is 1.37. The van der Waals surface area contributed by atoms with Crippen molar-refractivity contribution >= 4 is 29.3 Å². The number of rotatable bonds is 5. The summed E-state index contributed by atoms with van der Waals surface area (Å²) in [7, 11) is 0. The van der Waals surface area contributed by atoms with Gasteiger partial charge in [-0.1, -0.05) is 11.6 Å². The van der Waals surface area contributed by atoms with E-state index in [0.29, 0.717) is 24.4 Å². The molecule has 100 valence electrons. The lowest BCUT2D eigenvalue weighted by atomic mass is 10.2. The third-order valence-electron chi connectivity index (χ3n) is 2.24. The Morgan fingerprint density at radius 3 is 2.79 bits per heavy atom. The van der Waals surface area contributed by atoms with E-state index in [-0.39, 0.29) is 11.3 Å². The highest BCUT2D eigenvalue weighted by Gasteiger charge is 2.12. The van der Waals surface area contributed by atoms with E-state index in [2.05, 4.69) is 16.6 Å². The summed E-state index contributed by atoms with van der Waals surface area (Å²) in [5.74, 6) is 1.32. The smallest absolute Gasteiger partial charge is 0.337 e. The zero-order valence-electron chi connectivity index (χ0n) is 10.1. The quantitative estimate of drug-likeness (QED) is 0.573. The van der Waals surface area contributed by atoms with Crippen LogP contribution in [0.1, 0.15) is 23.2 Å². The zero-order chi connectivity index (χ0) is 14.3. The van der Waals surface area contributed by atoms with E-state index < -0.39 is 12.0 Å². The Hall–Kier alpha value is -2.19. The molecule has 0 radical (unpaired) electrons. The zero-order valence-corrected chi connectivity index (χ0v) is 10.8. The largest absolute Gasteiger partial charge is 0.478 e. The topological polar surface area (TPSA) is 78.4 Å². The van der Waals surface area contributed by atoms with Crippen LogP contribution in [0.3, 0.4) is 0 Å². The molecule has 0 fully saturated rings. The molecule has 0 spiro atoms. The molecule has 0 atom stereocenters. The number of terminal acetylenes is 1. The van der Waals surface area contributed by atoms with E-state index in [4.69, 9.17) is 23.1 Å². The monoisotopic (exact) mass is 280 g/mol. The summed E-state index contributed by atoms with van der Waals surface area (Å²) in [5.41, 5.74) is 0.123. The molecule has 3 N–H and O–H groups in total. The minimum atomic E-state index is -1.14. The molecule has 0 aliphatic rings. The van der Waals surface area contributed by atoms with Gasteiger partial charge in [-0.15, -0.1) is 12.3 Å². The number of anilines is 1. The van der Waals surface area contributed by atoms with Crippen molar-refractivity contribution in [1.29, 1.82) is 0 Å². The second-order valence-electron chi connectivity index (χ2n) is 3.68. The van der Waals surface area contributed by atoms with Crippen LogP contribution in [-0.4, -0.2) is 23.7 Å². The standard InChI is InChI=1S/C13H13ClN2O3/c1-2-3-4-7-15-13(19)16-11-8-9(14)5-6-10(11)12(17)18/h1,5-6,8H,3-4,7H2,(H,17,18)(H2,15,16,19). The number of benzene rings is 1. The van der Waals surface area contributed by atoms with E-state index in [1.54, 1.807) is 0 Å². The highest BCUT2D eigenvalue weighted by Crippen LogP contribution is 2.21. The fraction of sp³-hybridized carbons (Fsp3) is 0.231. The molecular weight excluding hydrogens is 268 g/mol. The molecule has 0 saturated carbocycles. The molecule has 1 aromatic carbocycles. The van der Waals surface area contributed by atoms with Gasteiger partial charge in [0.15, 0.2) is 0 Å². The molecule has 0 bridgehead atoms. The first kappa shape index (κ1) is 14.9. The van der Waals surface area contributed by atoms with Crippen molar-refractivity contribution in [2.24, 2.45) is 0 Å². The highest BCUT2D eigenvalue weighted by atomic mass is 35.5. The van der Waals surface area contributed by atoms with Gasteiger partial charge in [0.05, 0.1) is 11.3 Å². The van der Waals surface area contributed by atoms with Gasteiger partial charge in [-0.25, -0.2) is 9.59 Å². The number of hydrogen-bond donors (Lipinski definition) is 3. The van der Waals surface area contributed by atoms with Crippen LogP contribution in [0, 0.1) is 12.3 Å². The molecule has 5 nitrogen and oxygen atoms in total. The van der Waals surface area contributed by atoms with E-state index >= 15 is 0 Å². The summed E-state index contributed by atoms with van der Waals surface area (Å²) < 4.78 is 0. The Morgan fingerprint density at radius 2 is 2.16 bits per heavy atom. The molecule has 6 heteroatoms. The van der Waals surface area contributed by atoms with Crippen molar-refractivity contribution in [3.63, 3.8) is 0 Å². The van der Waals surface area contributed by atoms with Crippen LogP contribution in [0.15, 0.2) is 18.2 Å². The Bertz CT molecular complexity index is 523. The van der Waals surface area contributed by atoms with E-state index in [9.17, 15) is 9.59 Å². The Kier molecular flexibility index (Phi) is 5.71. The second-order valence-corrected chi connectivity index (χ2v) is 4.12. The van der Waals surface area contributed by atoms with Crippen molar-refractivity contribution < 1.29 is 14.7 Å². The normalized spacial score (nSPS) is 9.47. The molecular formula is C13H13ClN2O3. The van der Waals surface area contributed by atoms with Crippen molar-refractivity contribution in [3.8, 4) is 12.3 Å². The van der Waals surface area contributed by atoms with Gasteiger partial charge in [0.2, 0.25) is 0 Å². The lowest BCUT2D eigenvalue weighted by Crippen LogP contribution is -2.30. The van der Waals surface area contributed by atoms with Crippen molar-refractivity contribution in [2.45, 2.75) is 12.8 Å². The number of aromatic carboxylic acids is 1. The molecule has 0 heterocycles. The lowest BCUT2D eigenvalue weighted by molar-refractivity contribution is 0.0698. The van der Waals surface area contributed by atoms with Crippen LogP contribution in [0.4, 0.5) is 10.5 Å². The summed E-state index contributed by atoms with van der Waals surface area (Å²) in [6.45, 7) is 0.416. The fourth-order valence-corrected chi connectivity index (χ4v) is 1.54. The van der Waals surface area contributed by atoms with E-state index in [1.165, 1.54) is 18.2 Å². The van der Waals surface area contributed by atoms with Gasteiger partial charge in [0.1, 0.15) is 0 Å². The third kappa shape index (κ3) is 4.90. The van der Waals surface area contributed by atoms with E-state index in [1.807, 2.05) is 0 Å². The van der Waals surface area contributed by atoms with Crippen LogP contribution in [0.25, 0.3) is 0 Å². The summed E-state index contributed by atoms with van der Waals surface area (Å²) >= 11 is 5.76. The van der Waals surface area contributed by atoms with Crippen LogP contribution < -0.4 is 10.6 Å². The number of urea groups is 1. The number of nitrogens with one attached hydrogen (secondary N) is 2. The molecule has 0 aliphatic carbocycles. The summed E-state index contributed by atoms with van der Waals surface area (Å²) in [4.78, 5) is 22.5. The van der Waals surface area contributed by atoms with Crippen LogP contribution in [-0.2, 0) is 0 Å². The maximum Gasteiger partial charge on any atom is 0.337 e. The second kappa shape index (κ2) is 7.29. The van der Waals surface area contributed by atoms with E-state index in [0.717, 1.165) is 0 Å². The Balaban J connectivity index is 2.65. The van der Waals surface area contributed by atoms with Gasteiger partial charge in [-0.05, 0) is 24.6 Å². The number of carboxylic acids is 1. The van der Waals surface area contributed by atoms with Crippen LogP contribution in [0.2, 0.25) is 5.02 Å². The summed E-state index contributed by atoms with van der Waals surface area (Å²) in [6, 6.07) is 3.66. The van der Waals surface area contributed by atoms with Gasteiger partial charge < -0.3 is 15.7 Å². The minimum Gasteiger partial charge on any atom is -0.478 e. The number of unbranched alkanes of at least 4 members (excludes halogenated alkanes) is 1. The summed E-state index contributed by atoms with van der Waals surface area (Å²) in [6.07, 6.45) is 6.31. The van der Waals surface area contributed by atoms with Crippen molar-refractivity contribution in [1.82, 2.24) is 5.32 Å². The SMILES string of the molecule is C#CCCCNC(=O)Nc1cc(Cl)ccc1C(=O)O. The van der Waals surface area contributed by atoms with Crippen molar-refractivity contribution in [2.75, 3.05) is 11.9 Å². The first-order valence-corrected chi connectivity index (χ1v) is 5.93. The number of carboxylic acid groups (broad SMARTS) is 1. The molecule has 0 saturated heterocycles. The third-order valence-corrected chi connectivity index (χ3v) is 2.48. The number of carbonyl (C=O) groups excluding carboxylic acids is 1. The average Bonchev–Trinajstić information content (AvgIpc) is 2.34. The minimum absolute atomic E-state index is 0.0248. The van der Waals surface area contributed by atoms with Crippen LogP contribution in [0.5, 0.6) is 0 Å². The molecule has 2 amide bonds.